The smallest absolute Gasteiger partial charge is 0.317 e. The van der Waals surface area contributed by atoms with Crippen molar-refractivity contribution in [2.24, 2.45) is 0 Å². The summed E-state index contributed by atoms with van der Waals surface area (Å²) in [5.74, 6) is 0. The van der Waals surface area contributed by atoms with Gasteiger partial charge in [0, 0.05) is 24.3 Å². The number of amides is 2. The highest BCUT2D eigenvalue weighted by Gasteiger charge is 2.28. The minimum atomic E-state index is 0.0653. The van der Waals surface area contributed by atoms with Crippen LogP contribution in [0.2, 0.25) is 0 Å². The zero-order valence-electron chi connectivity index (χ0n) is 16.2. The van der Waals surface area contributed by atoms with Gasteiger partial charge >= 0.3 is 6.03 Å². The second-order valence-corrected chi connectivity index (χ2v) is 7.99. The number of carbonyl (C=O) groups is 1. The van der Waals surface area contributed by atoms with E-state index in [0.29, 0.717) is 6.04 Å². The molecule has 1 saturated carbocycles. The highest BCUT2D eigenvalue weighted by molar-refractivity contribution is 5.75. The molecule has 1 N–H and O–H groups in total. The largest absolute Gasteiger partial charge is 0.331 e. The van der Waals surface area contributed by atoms with Crippen LogP contribution in [0.15, 0.2) is 36.5 Å². The van der Waals surface area contributed by atoms with Gasteiger partial charge in [0.1, 0.15) is 0 Å². The van der Waals surface area contributed by atoms with Crippen molar-refractivity contribution in [3.63, 3.8) is 0 Å². The van der Waals surface area contributed by atoms with Crippen molar-refractivity contribution in [2.75, 3.05) is 7.05 Å². The summed E-state index contributed by atoms with van der Waals surface area (Å²) in [6.07, 6.45) is 11.1. The number of carbonyl (C=O) groups excluding carboxylic acids is 1. The van der Waals surface area contributed by atoms with Crippen molar-refractivity contribution in [3.05, 3.63) is 53.3 Å². The van der Waals surface area contributed by atoms with E-state index in [-0.39, 0.29) is 12.1 Å². The van der Waals surface area contributed by atoms with Gasteiger partial charge in [-0.2, -0.15) is 5.10 Å². The topological polar surface area (TPSA) is 50.2 Å². The molecule has 2 aliphatic rings. The highest BCUT2D eigenvalue weighted by atomic mass is 16.2. The number of fused-ring (bicyclic) bond motifs is 1. The molecular formula is C22H30N4O. The normalized spacial score (nSPS) is 20.1. The number of urea groups is 1. The Balaban J connectivity index is 1.44. The summed E-state index contributed by atoms with van der Waals surface area (Å²) < 4.78 is 2.10. The predicted molar refractivity (Wildman–Crippen MR) is 107 cm³/mol. The summed E-state index contributed by atoms with van der Waals surface area (Å²) in [5.41, 5.74) is 3.73. The number of rotatable bonds is 4. The molecule has 0 bridgehead atoms. The van der Waals surface area contributed by atoms with E-state index in [1.54, 1.807) is 0 Å². The molecule has 1 aromatic carbocycles. The lowest BCUT2D eigenvalue weighted by Crippen LogP contribution is -2.46. The molecule has 0 radical (unpaired) electrons. The molecular weight excluding hydrogens is 336 g/mol. The molecule has 5 heteroatoms. The number of hydrogen-bond donors (Lipinski definition) is 1. The molecule has 0 spiro atoms. The van der Waals surface area contributed by atoms with Gasteiger partial charge < -0.3 is 10.2 Å². The fourth-order valence-electron chi connectivity index (χ4n) is 4.55. The van der Waals surface area contributed by atoms with Gasteiger partial charge in [-0.05, 0) is 37.7 Å². The van der Waals surface area contributed by atoms with Gasteiger partial charge in [0.15, 0.2) is 0 Å². The van der Waals surface area contributed by atoms with E-state index in [4.69, 9.17) is 0 Å². The first-order valence-electron chi connectivity index (χ1n) is 10.3. The summed E-state index contributed by atoms with van der Waals surface area (Å²) >= 11 is 0. The summed E-state index contributed by atoms with van der Waals surface area (Å²) in [6, 6.07) is 11.0. The zero-order chi connectivity index (χ0) is 18.6. The monoisotopic (exact) mass is 366 g/mol. The number of benzene rings is 1. The molecule has 144 valence electrons. The first-order chi connectivity index (χ1) is 13.2. The third-order valence-corrected chi connectivity index (χ3v) is 6.18. The maximum absolute atomic E-state index is 12.8. The highest BCUT2D eigenvalue weighted by Crippen LogP contribution is 2.30. The van der Waals surface area contributed by atoms with Crippen molar-refractivity contribution in [1.29, 1.82) is 0 Å². The Morgan fingerprint density at radius 3 is 2.70 bits per heavy atom. The van der Waals surface area contributed by atoms with Gasteiger partial charge in [-0.1, -0.05) is 49.6 Å². The second kappa shape index (κ2) is 8.15. The van der Waals surface area contributed by atoms with Gasteiger partial charge in [-0.3, -0.25) is 4.68 Å². The van der Waals surface area contributed by atoms with E-state index < -0.39 is 0 Å². The minimum absolute atomic E-state index is 0.0653. The van der Waals surface area contributed by atoms with Gasteiger partial charge in [0.2, 0.25) is 0 Å². The first-order valence-corrected chi connectivity index (χ1v) is 10.3. The molecule has 5 nitrogen and oxygen atoms in total. The standard InChI is InChI=1S/C22H30N4O/c1-25(18-11-6-3-7-12-18)22(27)24-20-13-8-14-21-19(20)15-23-26(21)16-17-9-4-2-5-10-17/h2,4-5,9-10,15,18,20H,3,6-8,11-14,16H2,1H3,(H,24,27). The Bertz CT molecular complexity index is 764. The summed E-state index contributed by atoms with van der Waals surface area (Å²) in [7, 11) is 1.95. The van der Waals surface area contributed by atoms with Crippen molar-refractivity contribution in [2.45, 2.75) is 70.0 Å². The SMILES string of the molecule is CN(C(=O)NC1CCCc2c1cnn2Cc1ccccc1)C1CCCCC1. The second-order valence-electron chi connectivity index (χ2n) is 7.99. The molecule has 1 atom stereocenters. The molecule has 1 unspecified atom stereocenters. The van der Waals surface area contributed by atoms with Crippen LogP contribution in [-0.2, 0) is 13.0 Å². The molecule has 2 amide bonds. The lowest BCUT2D eigenvalue weighted by atomic mass is 9.92. The third-order valence-electron chi connectivity index (χ3n) is 6.18. The van der Waals surface area contributed by atoms with Crippen LogP contribution in [0.3, 0.4) is 0 Å². The van der Waals surface area contributed by atoms with Crippen molar-refractivity contribution >= 4 is 6.03 Å². The van der Waals surface area contributed by atoms with Gasteiger partial charge in [-0.15, -0.1) is 0 Å². The fourth-order valence-corrected chi connectivity index (χ4v) is 4.55. The van der Waals surface area contributed by atoms with Crippen LogP contribution in [0.1, 0.15) is 67.8 Å². The Kier molecular flexibility index (Phi) is 5.46. The summed E-state index contributed by atoms with van der Waals surface area (Å²) in [6.45, 7) is 0.790. The molecule has 0 aliphatic heterocycles. The molecule has 2 aromatic rings. The molecule has 1 aromatic heterocycles. The molecule has 27 heavy (non-hydrogen) atoms. The lowest BCUT2D eigenvalue weighted by molar-refractivity contribution is 0.169. The Morgan fingerprint density at radius 1 is 1.15 bits per heavy atom. The van der Waals surface area contributed by atoms with E-state index in [2.05, 4.69) is 39.4 Å². The van der Waals surface area contributed by atoms with Crippen LogP contribution in [-0.4, -0.2) is 33.8 Å². The first kappa shape index (κ1) is 18.1. The van der Waals surface area contributed by atoms with Crippen LogP contribution in [0, 0.1) is 0 Å². The molecule has 1 fully saturated rings. The van der Waals surface area contributed by atoms with E-state index in [0.717, 1.165) is 38.6 Å². The summed E-state index contributed by atoms with van der Waals surface area (Å²) in [5, 5.41) is 7.92. The van der Waals surface area contributed by atoms with Crippen molar-refractivity contribution in [1.82, 2.24) is 20.0 Å². The van der Waals surface area contributed by atoms with Crippen LogP contribution < -0.4 is 5.32 Å². The van der Waals surface area contributed by atoms with Crippen LogP contribution in [0.5, 0.6) is 0 Å². The number of nitrogens with one attached hydrogen (secondary N) is 1. The quantitative estimate of drug-likeness (QED) is 0.878. The molecule has 2 aliphatic carbocycles. The average molecular weight is 367 g/mol. The van der Waals surface area contributed by atoms with E-state index in [9.17, 15) is 4.79 Å². The molecule has 4 rings (SSSR count). The predicted octanol–water partition coefficient (Wildman–Crippen LogP) is 4.28. The fraction of sp³-hybridized carbons (Fsp3) is 0.545. The number of hydrogen-bond acceptors (Lipinski definition) is 2. The Hall–Kier alpha value is -2.30. The number of nitrogens with zero attached hydrogens (tertiary/aromatic N) is 3. The van der Waals surface area contributed by atoms with Gasteiger partial charge in [0.25, 0.3) is 0 Å². The van der Waals surface area contributed by atoms with Crippen LogP contribution >= 0.6 is 0 Å². The lowest BCUT2D eigenvalue weighted by Gasteiger charge is -2.33. The Morgan fingerprint density at radius 2 is 1.93 bits per heavy atom. The van der Waals surface area contributed by atoms with Crippen molar-refractivity contribution in [3.8, 4) is 0 Å². The van der Waals surface area contributed by atoms with Crippen LogP contribution in [0.4, 0.5) is 4.79 Å². The minimum Gasteiger partial charge on any atom is -0.331 e. The maximum Gasteiger partial charge on any atom is 0.317 e. The van der Waals surface area contributed by atoms with Crippen LogP contribution in [0.25, 0.3) is 0 Å². The van der Waals surface area contributed by atoms with E-state index in [1.165, 1.54) is 36.1 Å². The molecule has 1 heterocycles. The van der Waals surface area contributed by atoms with Gasteiger partial charge in [0.05, 0.1) is 18.8 Å². The van der Waals surface area contributed by atoms with Gasteiger partial charge in [-0.25, -0.2) is 4.79 Å². The third kappa shape index (κ3) is 4.02. The zero-order valence-corrected chi connectivity index (χ0v) is 16.2. The summed E-state index contributed by atoms with van der Waals surface area (Å²) in [4.78, 5) is 14.7. The average Bonchev–Trinajstić information content (AvgIpc) is 3.13. The number of aromatic nitrogens is 2. The Labute approximate surface area is 161 Å². The van der Waals surface area contributed by atoms with Crippen molar-refractivity contribution < 1.29 is 4.79 Å². The maximum atomic E-state index is 12.8. The molecule has 0 saturated heterocycles. The van der Waals surface area contributed by atoms with E-state index >= 15 is 0 Å². The van der Waals surface area contributed by atoms with E-state index in [1.807, 2.05) is 24.2 Å².